The molecule has 1 saturated heterocycles. The first kappa shape index (κ1) is 10.7. The molecule has 0 bridgehead atoms. The normalized spacial score (nSPS) is 26.5. The van der Waals surface area contributed by atoms with Crippen molar-refractivity contribution in [3.63, 3.8) is 0 Å². The standard InChI is InChI=1S/C14H21N/c1-12-7-8-14(11-15-12)10-9-13-5-3-2-4-6-13/h2-6,12,14-15H,7-11H2,1H3. The molecule has 1 fully saturated rings. The van der Waals surface area contributed by atoms with Crippen LogP contribution in [0.2, 0.25) is 0 Å². The second-order valence-electron chi connectivity index (χ2n) is 4.78. The molecule has 1 N–H and O–H groups in total. The molecule has 15 heavy (non-hydrogen) atoms. The Morgan fingerprint density at radius 2 is 2.00 bits per heavy atom. The van der Waals surface area contributed by atoms with E-state index in [1.807, 2.05) is 0 Å². The second kappa shape index (κ2) is 5.32. The van der Waals surface area contributed by atoms with Crippen LogP contribution in [0, 0.1) is 5.92 Å². The molecule has 1 aliphatic heterocycles. The van der Waals surface area contributed by atoms with Gasteiger partial charge in [-0.3, -0.25) is 0 Å². The first-order valence-electron chi connectivity index (χ1n) is 6.12. The average Bonchev–Trinajstić information content (AvgIpc) is 2.30. The second-order valence-corrected chi connectivity index (χ2v) is 4.78. The number of benzene rings is 1. The van der Waals surface area contributed by atoms with E-state index in [1.54, 1.807) is 0 Å². The van der Waals surface area contributed by atoms with E-state index in [9.17, 15) is 0 Å². The molecule has 0 saturated carbocycles. The lowest BCUT2D eigenvalue weighted by Gasteiger charge is -2.27. The molecular weight excluding hydrogens is 182 g/mol. The number of hydrogen-bond acceptors (Lipinski definition) is 1. The summed E-state index contributed by atoms with van der Waals surface area (Å²) in [5.74, 6) is 0.890. The van der Waals surface area contributed by atoms with Gasteiger partial charge in [-0.2, -0.15) is 0 Å². The molecule has 1 aromatic carbocycles. The zero-order valence-electron chi connectivity index (χ0n) is 9.58. The monoisotopic (exact) mass is 203 g/mol. The van der Waals surface area contributed by atoms with E-state index in [1.165, 1.54) is 37.8 Å². The largest absolute Gasteiger partial charge is 0.314 e. The molecule has 0 aromatic heterocycles. The molecule has 0 aliphatic carbocycles. The molecule has 1 aromatic rings. The van der Waals surface area contributed by atoms with Crippen LogP contribution in [-0.2, 0) is 6.42 Å². The van der Waals surface area contributed by atoms with Crippen molar-refractivity contribution in [2.45, 2.75) is 38.6 Å². The van der Waals surface area contributed by atoms with Crippen molar-refractivity contribution in [1.82, 2.24) is 5.32 Å². The lowest BCUT2D eigenvalue weighted by molar-refractivity contribution is 0.309. The van der Waals surface area contributed by atoms with Gasteiger partial charge in [0.15, 0.2) is 0 Å². The zero-order chi connectivity index (χ0) is 10.5. The molecular formula is C14H21N. The summed E-state index contributed by atoms with van der Waals surface area (Å²) in [6.45, 7) is 3.50. The van der Waals surface area contributed by atoms with Crippen molar-refractivity contribution in [2.24, 2.45) is 5.92 Å². The fourth-order valence-corrected chi connectivity index (χ4v) is 2.32. The van der Waals surface area contributed by atoms with Gasteiger partial charge in [-0.25, -0.2) is 0 Å². The van der Waals surface area contributed by atoms with E-state index in [0.29, 0.717) is 0 Å². The molecule has 1 aliphatic rings. The van der Waals surface area contributed by atoms with Crippen LogP contribution in [0.25, 0.3) is 0 Å². The molecule has 1 heteroatoms. The highest BCUT2D eigenvalue weighted by Gasteiger charge is 2.16. The summed E-state index contributed by atoms with van der Waals surface area (Å²) < 4.78 is 0. The fourth-order valence-electron chi connectivity index (χ4n) is 2.32. The quantitative estimate of drug-likeness (QED) is 0.796. The van der Waals surface area contributed by atoms with Crippen LogP contribution in [0.3, 0.4) is 0 Å². The predicted octanol–water partition coefficient (Wildman–Crippen LogP) is 3.01. The summed E-state index contributed by atoms with van der Waals surface area (Å²) >= 11 is 0. The van der Waals surface area contributed by atoms with Crippen LogP contribution in [-0.4, -0.2) is 12.6 Å². The molecule has 0 radical (unpaired) electrons. The van der Waals surface area contributed by atoms with E-state index in [2.05, 4.69) is 42.6 Å². The van der Waals surface area contributed by atoms with Crippen molar-refractivity contribution in [3.8, 4) is 0 Å². The van der Waals surface area contributed by atoms with Gasteiger partial charge in [0.2, 0.25) is 0 Å². The minimum atomic E-state index is 0.734. The Kier molecular flexibility index (Phi) is 3.79. The van der Waals surface area contributed by atoms with Gasteiger partial charge in [0, 0.05) is 6.04 Å². The Morgan fingerprint density at radius 3 is 2.67 bits per heavy atom. The first-order chi connectivity index (χ1) is 7.34. The van der Waals surface area contributed by atoms with Crippen molar-refractivity contribution in [3.05, 3.63) is 35.9 Å². The van der Waals surface area contributed by atoms with Crippen LogP contribution in [0.4, 0.5) is 0 Å². The molecule has 2 atom stereocenters. The Hall–Kier alpha value is -0.820. The number of rotatable bonds is 3. The molecule has 0 spiro atoms. The molecule has 0 amide bonds. The van der Waals surface area contributed by atoms with E-state index in [-0.39, 0.29) is 0 Å². The number of nitrogens with one attached hydrogen (secondary N) is 1. The molecule has 82 valence electrons. The predicted molar refractivity (Wildman–Crippen MR) is 65.0 cm³/mol. The highest BCUT2D eigenvalue weighted by Crippen LogP contribution is 2.19. The van der Waals surface area contributed by atoms with Crippen molar-refractivity contribution in [2.75, 3.05) is 6.54 Å². The van der Waals surface area contributed by atoms with Crippen LogP contribution >= 0.6 is 0 Å². The molecule has 1 nitrogen and oxygen atoms in total. The Morgan fingerprint density at radius 1 is 1.20 bits per heavy atom. The van der Waals surface area contributed by atoms with Gasteiger partial charge >= 0.3 is 0 Å². The van der Waals surface area contributed by atoms with Crippen LogP contribution in [0.5, 0.6) is 0 Å². The maximum atomic E-state index is 3.57. The topological polar surface area (TPSA) is 12.0 Å². The minimum Gasteiger partial charge on any atom is -0.314 e. The summed E-state index contributed by atoms with van der Waals surface area (Å²) in [4.78, 5) is 0. The van der Waals surface area contributed by atoms with Crippen molar-refractivity contribution >= 4 is 0 Å². The fraction of sp³-hybridized carbons (Fsp3) is 0.571. The van der Waals surface area contributed by atoms with Gasteiger partial charge in [0.1, 0.15) is 0 Å². The highest BCUT2D eigenvalue weighted by atomic mass is 14.9. The SMILES string of the molecule is CC1CCC(CCc2ccccc2)CN1. The van der Waals surface area contributed by atoms with Gasteiger partial charge in [0.05, 0.1) is 0 Å². The van der Waals surface area contributed by atoms with Crippen LogP contribution < -0.4 is 5.32 Å². The lowest BCUT2D eigenvalue weighted by atomic mass is 9.90. The third-order valence-corrected chi connectivity index (χ3v) is 3.45. The van der Waals surface area contributed by atoms with E-state index >= 15 is 0 Å². The highest BCUT2D eigenvalue weighted by molar-refractivity contribution is 5.14. The smallest absolute Gasteiger partial charge is 0.00389 e. The maximum absolute atomic E-state index is 3.57. The van der Waals surface area contributed by atoms with Gasteiger partial charge < -0.3 is 5.32 Å². The number of aryl methyl sites for hydroxylation is 1. The summed E-state index contributed by atoms with van der Waals surface area (Å²) in [6.07, 6.45) is 5.33. The van der Waals surface area contributed by atoms with Crippen molar-refractivity contribution < 1.29 is 0 Å². The van der Waals surface area contributed by atoms with Crippen molar-refractivity contribution in [1.29, 1.82) is 0 Å². The third kappa shape index (κ3) is 3.35. The number of piperidine rings is 1. The summed E-state index contributed by atoms with van der Waals surface area (Å²) in [5.41, 5.74) is 1.48. The Labute approximate surface area is 92.9 Å². The Bertz CT molecular complexity index is 273. The molecule has 2 unspecified atom stereocenters. The van der Waals surface area contributed by atoms with E-state index in [4.69, 9.17) is 0 Å². The Balaban J connectivity index is 1.74. The van der Waals surface area contributed by atoms with Crippen LogP contribution in [0.15, 0.2) is 30.3 Å². The zero-order valence-corrected chi connectivity index (χ0v) is 9.58. The first-order valence-corrected chi connectivity index (χ1v) is 6.12. The van der Waals surface area contributed by atoms with Gasteiger partial charge in [-0.15, -0.1) is 0 Å². The average molecular weight is 203 g/mol. The third-order valence-electron chi connectivity index (χ3n) is 3.45. The number of hydrogen-bond donors (Lipinski definition) is 1. The summed E-state index contributed by atoms with van der Waals surface area (Å²) in [7, 11) is 0. The molecule has 2 rings (SSSR count). The van der Waals surface area contributed by atoms with Gasteiger partial charge in [-0.05, 0) is 50.6 Å². The maximum Gasteiger partial charge on any atom is 0.00389 e. The van der Waals surface area contributed by atoms with Gasteiger partial charge in [0.25, 0.3) is 0 Å². The van der Waals surface area contributed by atoms with Gasteiger partial charge in [-0.1, -0.05) is 30.3 Å². The minimum absolute atomic E-state index is 0.734. The molecule has 1 heterocycles. The summed E-state index contributed by atoms with van der Waals surface area (Å²) in [6, 6.07) is 11.6. The van der Waals surface area contributed by atoms with Crippen LogP contribution in [0.1, 0.15) is 31.7 Å². The summed E-state index contributed by atoms with van der Waals surface area (Å²) in [5, 5.41) is 3.57. The van der Waals surface area contributed by atoms with E-state index < -0.39 is 0 Å². The lowest BCUT2D eigenvalue weighted by Crippen LogP contribution is -2.36. The van der Waals surface area contributed by atoms with E-state index in [0.717, 1.165) is 12.0 Å².